The molecule has 3 aromatic carbocycles. The van der Waals surface area contributed by atoms with E-state index in [0.717, 1.165) is 16.7 Å². The molecule has 0 fully saturated rings. The first-order valence-electron chi connectivity index (χ1n) is 8.93. The molecular formula is C24H17FN2O. The van der Waals surface area contributed by atoms with Gasteiger partial charge in [-0.25, -0.2) is 9.37 Å². The van der Waals surface area contributed by atoms with Gasteiger partial charge in [-0.05, 0) is 41.8 Å². The van der Waals surface area contributed by atoms with E-state index in [1.54, 1.807) is 13.0 Å². The van der Waals surface area contributed by atoms with Crippen LogP contribution in [0.5, 0.6) is 5.88 Å². The van der Waals surface area contributed by atoms with Gasteiger partial charge in [-0.2, -0.15) is 5.26 Å². The van der Waals surface area contributed by atoms with E-state index >= 15 is 0 Å². The van der Waals surface area contributed by atoms with Gasteiger partial charge in [0.15, 0.2) is 0 Å². The first-order chi connectivity index (χ1) is 13.7. The van der Waals surface area contributed by atoms with Crippen LogP contribution in [0.4, 0.5) is 4.39 Å². The maximum Gasteiger partial charge on any atom is 0.222 e. The van der Waals surface area contributed by atoms with E-state index < -0.39 is 5.82 Å². The predicted octanol–water partition coefficient (Wildman–Crippen LogP) is 5.80. The topological polar surface area (TPSA) is 45.9 Å². The van der Waals surface area contributed by atoms with Crippen LogP contribution in [0.15, 0.2) is 72.8 Å². The summed E-state index contributed by atoms with van der Waals surface area (Å²) in [6.07, 6.45) is 0. The Morgan fingerprint density at radius 1 is 0.964 bits per heavy atom. The number of hydrogen-bond donors (Lipinski definition) is 0. The first kappa shape index (κ1) is 17.7. The maximum absolute atomic E-state index is 13.8. The molecule has 0 atom stereocenters. The van der Waals surface area contributed by atoms with Gasteiger partial charge in [0, 0.05) is 10.8 Å². The van der Waals surface area contributed by atoms with Gasteiger partial charge in [0.25, 0.3) is 0 Å². The third kappa shape index (κ3) is 3.30. The number of nitriles is 1. The van der Waals surface area contributed by atoms with E-state index in [1.807, 2.05) is 54.6 Å². The number of rotatable bonds is 4. The van der Waals surface area contributed by atoms with Gasteiger partial charge >= 0.3 is 0 Å². The van der Waals surface area contributed by atoms with Gasteiger partial charge in [0.05, 0.1) is 11.3 Å². The van der Waals surface area contributed by atoms with Gasteiger partial charge in [-0.3, -0.25) is 0 Å². The highest BCUT2D eigenvalue weighted by Crippen LogP contribution is 2.31. The molecule has 28 heavy (non-hydrogen) atoms. The van der Waals surface area contributed by atoms with Crippen molar-refractivity contribution in [1.82, 2.24) is 4.98 Å². The number of ether oxygens (including phenoxy) is 1. The maximum atomic E-state index is 13.8. The molecule has 0 saturated carbocycles. The van der Waals surface area contributed by atoms with Crippen molar-refractivity contribution in [2.45, 2.75) is 13.5 Å². The summed E-state index contributed by atoms with van der Waals surface area (Å²) in [4.78, 5) is 4.42. The molecule has 0 aliphatic carbocycles. The van der Waals surface area contributed by atoms with Gasteiger partial charge < -0.3 is 4.74 Å². The fourth-order valence-corrected chi connectivity index (χ4v) is 3.32. The second-order valence-corrected chi connectivity index (χ2v) is 6.49. The van der Waals surface area contributed by atoms with Crippen molar-refractivity contribution in [1.29, 1.82) is 5.26 Å². The van der Waals surface area contributed by atoms with Crippen LogP contribution >= 0.6 is 0 Å². The fraction of sp³-hybridized carbons (Fsp3) is 0.0833. The highest BCUT2D eigenvalue weighted by molar-refractivity contribution is 5.92. The predicted molar refractivity (Wildman–Crippen MR) is 107 cm³/mol. The van der Waals surface area contributed by atoms with Crippen LogP contribution in [0.1, 0.15) is 16.8 Å². The molecule has 0 N–H and O–H groups in total. The number of fused-ring (bicyclic) bond motifs is 1. The lowest BCUT2D eigenvalue weighted by molar-refractivity contribution is 0.298. The molecule has 4 aromatic rings. The molecule has 0 unspecified atom stereocenters. The van der Waals surface area contributed by atoms with E-state index in [-0.39, 0.29) is 6.61 Å². The molecular weight excluding hydrogens is 351 g/mol. The van der Waals surface area contributed by atoms with Crippen LogP contribution in [-0.2, 0) is 6.61 Å². The summed E-state index contributed by atoms with van der Waals surface area (Å²) >= 11 is 0. The van der Waals surface area contributed by atoms with Crippen LogP contribution in [0, 0.1) is 24.1 Å². The third-order valence-electron chi connectivity index (χ3n) is 4.69. The SMILES string of the molecule is Cc1nc(OCc2ccccc2-c2ccccc2)c2cc(F)ccc2c1C#N. The highest BCUT2D eigenvalue weighted by atomic mass is 19.1. The monoisotopic (exact) mass is 368 g/mol. The van der Waals surface area contributed by atoms with E-state index in [2.05, 4.69) is 11.1 Å². The molecule has 3 nitrogen and oxygen atoms in total. The molecule has 4 rings (SSSR count). The zero-order chi connectivity index (χ0) is 19.5. The summed E-state index contributed by atoms with van der Waals surface area (Å²) in [5.41, 5.74) is 4.17. The van der Waals surface area contributed by atoms with Gasteiger partial charge in [0.1, 0.15) is 18.5 Å². The summed E-state index contributed by atoms with van der Waals surface area (Å²) < 4.78 is 19.9. The van der Waals surface area contributed by atoms with Crippen molar-refractivity contribution in [2.24, 2.45) is 0 Å². The Kier molecular flexibility index (Phi) is 4.74. The van der Waals surface area contributed by atoms with E-state index in [4.69, 9.17) is 4.74 Å². The number of benzene rings is 3. The molecule has 0 radical (unpaired) electrons. The summed E-state index contributed by atoms with van der Waals surface area (Å²) in [7, 11) is 0. The average molecular weight is 368 g/mol. The second-order valence-electron chi connectivity index (χ2n) is 6.49. The van der Waals surface area contributed by atoms with Crippen molar-refractivity contribution in [3.05, 3.63) is 95.4 Å². The number of hydrogen-bond acceptors (Lipinski definition) is 3. The number of pyridine rings is 1. The molecule has 1 aromatic heterocycles. The van der Waals surface area contributed by atoms with E-state index in [9.17, 15) is 9.65 Å². The van der Waals surface area contributed by atoms with E-state index in [0.29, 0.717) is 27.9 Å². The smallest absolute Gasteiger partial charge is 0.222 e. The van der Waals surface area contributed by atoms with Crippen molar-refractivity contribution in [3.8, 4) is 23.1 Å². The largest absolute Gasteiger partial charge is 0.472 e. The molecule has 1 heterocycles. The molecule has 0 amide bonds. The molecule has 0 bridgehead atoms. The van der Waals surface area contributed by atoms with Crippen molar-refractivity contribution >= 4 is 10.8 Å². The van der Waals surface area contributed by atoms with Crippen LogP contribution < -0.4 is 4.74 Å². The summed E-state index contributed by atoms with van der Waals surface area (Å²) in [6, 6.07) is 24.5. The minimum atomic E-state index is -0.392. The Balaban J connectivity index is 1.74. The number of aromatic nitrogens is 1. The molecule has 0 aliphatic rings. The summed E-state index contributed by atoms with van der Waals surface area (Å²) in [5, 5.41) is 10.6. The molecule has 4 heteroatoms. The third-order valence-corrected chi connectivity index (χ3v) is 4.69. The Labute approximate surface area is 162 Å². The van der Waals surface area contributed by atoms with Gasteiger partial charge in [-0.1, -0.05) is 54.6 Å². The normalized spacial score (nSPS) is 10.6. The van der Waals surface area contributed by atoms with Crippen LogP contribution in [-0.4, -0.2) is 4.98 Å². The van der Waals surface area contributed by atoms with Crippen molar-refractivity contribution in [2.75, 3.05) is 0 Å². The quantitative estimate of drug-likeness (QED) is 0.457. The number of halogens is 1. The second kappa shape index (κ2) is 7.50. The zero-order valence-electron chi connectivity index (χ0n) is 15.3. The standard InChI is InChI=1S/C24H17FN2O/c1-16-23(14-26)21-12-11-19(25)13-22(21)24(27-16)28-15-18-9-5-6-10-20(18)17-7-3-2-4-8-17/h2-13H,15H2,1H3. The van der Waals surface area contributed by atoms with Crippen molar-refractivity contribution < 1.29 is 9.13 Å². The Bertz CT molecular complexity index is 1200. The Morgan fingerprint density at radius 2 is 1.71 bits per heavy atom. The lowest BCUT2D eigenvalue weighted by Gasteiger charge is -2.14. The minimum absolute atomic E-state index is 0.287. The minimum Gasteiger partial charge on any atom is -0.472 e. The first-order valence-corrected chi connectivity index (χ1v) is 8.93. The lowest BCUT2D eigenvalue weighted by Crippen LogP contribution is -2.02. The van der Waals surface area contributed by atoms with Gasteiger partial charge in [0.2, 0.25) is 5.88 Å². The van der Waals surface area contributed by atoms with E-state index in [1.165, 1.54) is 12.1 Å². The average Bonchev–Trinajstić information content (AvgIpc) is 2.73. The lowest BCUT2D eigenvalue weighted by atomic mass is 10.0. The number of aryl methyl sites for hydroxylation is 1. The molecule has 136 valence electrons. The summed E-state index contributed by atoms with van der Waals surface area (Å²) in [6.45, 7) is 2.04. The number of nitrogens with zero attached hydrogens (tertiary/aromatic N) is 2. The molecule has 0 aliphatic heterocycles. The fourth-order valence-electron chi connectivity index (χ4n) is 3.32. The Morgan fingerprint density at radius 3 is 2.50 bits per heavy atom. The van der Waals surface area contributed by atoms with Gasteiger partial charge in [-0.15, -0.1) is 0 Å². The molecule has 0 saturated heterocycles. The summed E-state index contributed by atoms with van der Waals surface area (Å²) in [5.74, 6) is -0.0644. The highest BCUT2D eigenvalue weighted by Gasteiger charge is 2.14. The van der Waals surface area contributed by atoms with Crippen LogP contribution in [0.3, 0.4) is 0 Å². The van der Waals surface area contributed by atoms with Crippen molar-refractivity contribution in [3.63, 3.8) is 0 Å². The Hall–Kier alpha value is -3.71. The zero-order valence-corrected chi connectivity index (χ0v) is 15.3. The van der Waals surface area contributed by atoms with Crippen LogP contribution in [0.2, 0.25) is 0 Å². The molecule has 0 spiro atoms. The van der Waals surface area contributed by atoms with Crippen LogP contribution in [0.25, 0.3) is 21.9 Å².